The molecule has 0 atom stereocenters. The van der Waals surface area contributed by atoms with Gasteiger partial charge in [0.25, 0.3) is 5.91 Å². The molecular formula is C19H17N3O4. The third kappa shape index (κ3) is 3.28. The Morgan fingerprint density at radius 3 is 2.77 bits per heavy atom. The summed E-state index contributed by atoms with van der Waals surface area (Å²) >= 11 is 0. The van der Waals surface area contributed by atoms with E-state index < -0.39 is 5.63 Å². The van der Waals surface area contributed by atoms with Crippen molar-refractivity contribution in [2.24, 2.45) is 0 Å². The molecule has 3 aromatic rings. The van der Waals surface area contributed by atoms with Crippen molar-refractivity contribution >= 4 is 16.9 Å². The van der Waals surface area contributed by atoms with Gasteiger partial charge >= 0.3 is 5.63 Å². The summed E-state index contributed by atoms with van der Waals surface area (Å²) in [6.45, 7) is 1.02. The van der Waals surface area contributed by atoms with Crippen LogP contribution in [0.4, 0.5) is 0 Å². The average Bonchev–Trinajstić information content (AvgIpc) is 2.68. The fourth-order valence-corrected chi connectivity index (χ4v) is 3.08. The summed E-state index contributed by atoms with van der Waals surface area (Å²) in [6, 6.07) is 8.75. The van der Waals surface area contributed by atoms with Gasteiger partial charge < -0.3 is 14.1 Å². The Kier molecular flexibility index (Phi) is 4.35. The first-order valence-corrected chi connectivity index (χ1v) is 8.45. The van der Waals surface area contributed by atoms with Gasteiger partial charge in [0.15, 0.2) is 0 Å². The van der Waals surface area contributed by atoms with Crippen molar-refractivity contribution in [3.8, 4) is 5.88 Å². The minimum Gasteiger partial charge on any atom is -0.473 e. The monoisotopic (exact) mass is 351 g/mol. The van der Waals surface area contributed by atoms with Crippen molar-refractivity contribution in [1.29, 1.82) is 0 Å². The summed E-state index contributed by atoms with van der Waals surface area (Å²) in [5, 5.41) is 0.733. The highest BCUT2D eigenvalue weighted by Crippen LogP contribution is 2.19. The largest absolute Gasteiger partial charge is 0.473 e. The number of piperidine rings is 1. The van der Waals surface area contributed by atoms with E-state index in [1.54, 1.807) is 41.7 Å². The van der Waals surface area contributed by atoms with E-state index in [2.05, 4.69) is 9.97 Å². The molecule has 0 N–H and O–H groups in total. The lowest BCUT2D eigenvalue weighted by Crippen LogP contribution is -2.43. The normalized spacial score (nSPS) is 15.2. The number of fused-ring (bicyclic) bond motifs is 1. The quantitative estimate of drug-likeness (QED) is 0.673. The van der Waals surface area contributed by atoms with Gasteiger partial charge in [-0.25, -0.2) is 9.78 Å². The molecule has 7 heteroatoms. The summed E-state index contributed by atoms with van der Waals surface area (Å²) in [5.41, 5.74) is -0.0613. The predicted octanol–water partition coefficient (Wildman–Crippen LogP) is 2.27. The fourth-order valence-electron chi connectivity index (χ4n) is 3.08. The highest BCUT2D eigenvalue weighted by atomic mass is 16.5. The van der Waals surface area contributed by atoms with Crippen molar-refractivity contribution in [1.82, 2.24) is 14.9 Å². The number of carbonyl (C=O) groups excluding carboxylic acids is 1. The van der Waals surface area contributed by atoms with E-state index in [-0.39, 0.29) is 17.6 Å². The molecule has 0 bridgehead atoms. The van der Waals surface area contributed by atoms with Crippen LogP contribution in [0.5, 0.6) is 5.88 Å². The predicted molar refractivity (Wildman–Crippen MR) is 94.1 cm³/mol. The number of rotatable bonds is 3. The van der Waals surface area contributed by atoms with Crippen LogP contribution in [-0.4, -0.2) is 40.0 Å². The third-order valence-corrected chi connectivity index (χ3v) is 4.43. The van der Waals surface area contributed by atoms with Crippen LogP contribution in [0.3, 0.4) is 0 Å². The van der Waals surface area contributed by atoms with Gasteiger partial charge in [0.1, 0.15) is 17.3 Å². The molecule has 1 amide bonds. The molecule has 132 valence electrons. The van der Waals surface area contributed by atoms with E-state index >= 15 is 0 Å². The number of para-hydroxylation sites is 1. The van der Waals surface area contributed by atoms with Gasteiger partial charge in [0.05, 0.1) is 6.20 Å². The highest BCUT2D eigenvalue weighted by Gasteiger charge is 2.27. The average molecular weight is 351 g/mol. The Bertz CT molecular complexity index is 979. The van der Waals surface area contributed by atoms with Crippen LogP contribution < -0.4 is 10.4 Å². The molecule has 1 fully saturated rings. The van der Waals surface area contributed by atoms with Gasteiger partial charge in [0.2, 0.25) is 5.88 Å². The first kappa shape index (κ1) is 16.3. The molecule has 4 rings (SSSR count). The molecular weight excluding hydrogens is 334 g/mol. The summed E-state index contributed by atoms with van der Waals surface area (Å²) in [5.74, 6) is 0.176. The lowest BCUT2D eigenvalue weighted by molar-refractivity contribution is 0.0583. The van der Waals surface area contributed by atoms with Crippen LogP contribution in [0.1, 0.15) is 23.2 Å². The molecule has 0 radical (unpaired) electrons. The Balaban J connectivity index is 1.45. The van der Waals surface area contributed by atoms with Gasteiger partial charge in [-0.15, -0.1) is 0 Å². The van der Waals surface area contributed by atoms with Crippen LogP contribution in [0.15, 0.2) is 58.1 Å². The number of aromatic nitrogens is 2. The first-order valence-electron chi connectivity index (χ1n) is 8.45. The Morgan fingerprint density at radius 1 is 1.19 bits per heavy atom. The maximum absolute atomic E-state index is 12.7. The number of benzene rings is 1. The molecule has 1 aliphatic rings. The van der Waals surface area contributed by atoms with Crippen molar-refractivity contribution in [2.75, 3.05) is 13.1 Å². The van der Waals surface area contributed by atoms with E-state index in [0.29, 0.717) is 37.4 Å². The number of nitrogens with zero attached hydrogens (tertiary/aromatic N) is 3. The molecule has 1 saturated heterocycles. The minimum atomic E-state index is -0.605. The number of ether oxygens (including phenoxy) is 1. The third-order valence-electron chi connectivity index (χ3n) is 4.43. The van der Waals surface area contributed by atoms with E-state index in [0.717, 1.165) is 5.39 Å². The van der Waals surface area contributed by atoms with Gasteiger partial charge in [-0.1, -0.05) is 18.2 Å². The highest BCUT2D eigenvalue weighted by molar-refractivity contribution is 5.96. The number of hydrogen-bond donors (Lipinski definition) is 0. The lowest BCUT2D eigenvalue weighted by Gasteiger charge is -2.31. The van der Waals surface area contributed by atoms with Crippen LogP contribution in [0.2, 0.25) is 0 Å². The molecule has 26 heavy (non-hydrogen) atoms. The maximum Gasteiger partial charge on any atom is 0.349 e. The van der Waals surface area contributed by atoms with Crippen LogP contribution >= 0.6 is 0 Å². The van der Waals surface area contributed by atoms with Crippen LogP contribution in [-0.2, 0) is 0 Å². The molecule has 0 aliphatic carbocycles. The van der Waals surface area contributed by atoms with E-state index in [1.165, 1.54) is 0 Å². The van der Waals surface area contributed by atoms with Crippen LogP contribution in [0, 0.1) is 0 Å². The van der Waals surface area contributed by atoms with Gasteiger partial charge in [-0.3, -0.25) is 9.78 Å². The van der Waals surface area contributed by atoms with Gasteiger partial charge in [0, 0.05) is 43.7 Å². The standard InChI is InChI=1S/C19H17N3O4/c23-18(15-11-13-3-1-2-4-16(13)26-19(15)24)22-9-5-14(6-10-22)25-17-12-20-7-8-21-17/h1-4,7-8,11-12,14H,5-6,9-10H2. The second-order valence-corrected chi connectivity index (χ2v) is 6.14. The summed E-state index contributed by atoms with van der Waals surface area (Å²) in [7, 11) is 0. The number of likely N-dealkylation sites (tertiary alicyclic amines) is 1. The Morgan fingerprint density at radius 2 is 2.00 bits per heavy atom. The van der Waals surface area contributed by atoms with Gasteiger partial charge in [-0.05, 0) is 12.1 Å². The summed E-state index contributed by atoms with van der Waals surface area (Å²) < 4.78 is 11.0. The number of carbonyl (C=O) groups is 1. The SMILES string of the molecule is O=C(c1cc2ccccc2oc1=O)N1CCC(Oc2cnccn2)CC1. The molecule has 0 unspecified atom stereocenters. The molecule has 3 heterocycles. The molecule has 7 nitrogen and oxygen atoms in total. The minimum absolute atomic E-state index is 0.0243. The topological polar surface area (TPSA) is 85.5 Å². The number of hydrogen-bond acceptors (Lipinski definition) is 6. The number of amides is 1. The maximum atomic E-state index is 12.7. The Labute approximate surface area is 149 Å². The first-order chi connectivity index (χ1) is 12.7. The van der Waals surface area contributed by atoms with E-state index in [4.69, 9.17) is 9.15 Å². The summed E-state index contributed by atoms with van der Waals surface area (Å²) in [6.07, 6.45) is 6.04. The van der Waals surface area contributed by atoms with E-state index in [1.807, 2.05) is 12.1 Å². The second-order valence-electron chi connectivity index (χ2n) is 6.14. The second kappa shape index (κ2) is 6.95. The molecule has 0 saturated carbocycles. The zero-order valence-corrected chi connectivity index (χ0v) is 14.0. The zero-order valence-electron chi connectivity index (χ0n) is 14.0. The molecule has 2 aromatic heterocycles. The van der Waals surface area contributed by atoms with E-state index in [9.17, 15) is 9.59 Å². The molecule has 1 aromatic carbocycles. The van der Waals surface area contributed by atoms with Crippen molar-refractivity contribution in [2.45, 2.75) is 18.9 Å². The van der Waals surface area contributed by atoms with Crippen LogP contribution in [0.25, 0.3) is 11.0 Å². The fraction of sp³-hybridized carbons (Fsp3) is 0.263. The van der Waals surface area contributed by atoms with Gasteiger partial charge in [-0.2, -0.15) is 0 Å². The lowest BCUT2D eigenvalue weighted by atomic mass is 10.1. The smallest absolute Gasteiger partial charge is 0.349 e. The van der Waals surface area contributed by atoms with Crippen molar-refractivity contribution in [3.63, 3.8) is 0 Å². The van der Waals surface area contributed by atoms with Crippen molar-refractivity contribution < 1.29 is 13.9 Å². The van der Waals surface area contributed by atoms with Crippen molar-refractivity contribution in [3.05, 3.63) is 64.9 Å². The molecule has 0 spiro atoms. The molecule has 1 aliphatic heterocycles. The Hall–Kier alpha value is -3.22. The zero-order chi connectivity index (χ0) is 17.9. The summed E-state index contributed by atoms with van der Waals surface area (Å²) in [4.78, 5) is 34.6.